The van der Waals surface area contributed by atoms with Crippen molar-refractivity contribution in [1.82, 2.24) is 20.9 Å². The number of ketones is 1. The molecule has 2 aromatic rings. The van der Waals surface area contributed by atoms with Crippen molar-refractivity contribution >= 4 is 35.4 Å². The molecule has 53 heavy (non-hydrogen) atoms. The SMILES string of the molecule is CC(C)C[C@@H](CC(=O)[C@@H](Cc1ccccc1)NC(=O)[C@H](N)Cc1ccccc1)C(=O)N[C@H](CCCCN)C(=O)N1CCC(NC(=O)/C=C/C(=O)O)CC1. The van der Waals surface area contributed by atoms with Crippen molar-refractivity contribution in [3.8, 4) is 0 Å². The number of nitrogens with one attached hydrogen (secondary N) is 3. The van der Waals surface area contributed by atoms with Crippen LogP contribution in [0.5, 0.6) is 0 Å². The molecule has 0 aromatic heterocycles. The number of likely N-dealkylation sites (tertiary alicyclic amines) is 1. The summed E-state index contributed by atoms with van der Waals surface area (Å²) in [5.41, 5.74) is 13.8. The third-order valence-corrected chi connectivity index (χ3v) is 9.29. The van der Waals surface area contributed by atoms with E-state index >= 15 is 0 Å². The average molecular weight is 733 g/mol. The van der Waals surface area contributed by atoms with E-state index in [1.165, 1.54) is 0 Å². The lowest BCUT2D eigenvalue weighted by atomic mass is 9.88. The number of carboxylic acids is 1. The number of piperidine rings is 1. The topological polar surface area (TPSA) is 214 Å². The predicted molar refractivity (Wildman–Crippen MR) is 202 cm³/mol. The molecule has 4 amide bonds. The van der Waals surface area contributed by atoms with E-state index in [0.29, 0.717) is 64.6 Å². The fraction of sp³-hybridized carbons (Fsp3) is 0.500. The van der Waals surface area contributed by atoms with Gasteiger partial charge >= 0.3 is 5.97 Å². The van der Waals surface area contributed by atoms with Crippen LogP contribution < -0.4 is 27.4 Å². The Morgan fingerprint density at radius 1 is 0.830 bits per heavy atom. The van der Waals surface area contributed by atoms with Crippen molar-refractivity contribution in [3.63, 3.8) is 0 Å². The quantitative estimate of drug-likeness (QED) is 0.0819. The van der Waals surface area contributed by atoms with E-state index in [1.54, 1.807) is 4.90 Å². The number of amides is 4. The second-order valence-electron chi connectivity index (χ2n) is 14.2. The predicted octanol–water partition coefficient (Wildman–Crippen LogP) is 2.27. The van der Waals surface area contributed by atoms with Gasteiger partial charge in [0.1, 0.15) is 6.04 Å². The Balaban J connectivity index is 1.72. The van der Waals surface area contributed by atoms with Crippen LogP contribution in [0.4, 0.5) is 0 Å². The largest absolute Gasteiger partial charge is 0.478 e. The number of Topliss-reactive ketones (excluding diaryl/α,β-unsaturated/α-hetero) is 1. The van der Waals surface area contributed by atoms with Crippen LogP contribution in [0.15, 0.2) is 72.8 Å². The van der Waals surface area contributed by atoms with Gasteiger partial charge in [0.25, 0.3) is 0 Å². The molecule has 1 aliphatic rings. The summed E-state index contributed by atoms with van der Waals surface area (Å²) in [5, 5.41) is 17.4. The first-order valence-corrected chi connectivity index (χ1v) is 18.5. The zero-order valence-corrected chi connectivity index (χ0v) is 30.9. The Labute approximate surface area is 312 Å². The van der Waals surface area contributed by atoms with Gasteiger partial charge in [-0.15, -0.1) is 0 Å². The minimum atomic E-state index is -1.22. The minimum absolute atomic E-state index is 0.0611. The van der Waals surface area contributed by atoms with Crippen LogP contribution in [-0.2, 0) is 41.6 Å². The first-order chi connectivity index (χ1) is 25.4. The Morgan fingerprint density at radius 2 is 1.42 bits per heavy atom. The zero-order valence-electron chi connectivity index (χ0n) is 30.9. The molecule has 13 nitrogen and oxygen atoms in total. The molecule has 0 spiro atoms. The number of carbonyl (C=O) groups excluding carboxylic acids is 5. The summed E-state index contributed by atoms with van der Waals surface area (Å²) in [6.45, 7) is 5.04. The summed E-state index contributed by atoms with van der Waals surface area (Å²) in [6, 6.07) is 15.9. The maximum absolute atomic E-state index is 14.0. The van der Waals surface area contributed by atoms with Crippen LogP contribution in [0, 0.1) is 11.8 Å². The van der Waals surface area contributed by atoms with Crippen LogP contribution in [0.2, 0.25) is 0 Å². The average Bonchev–Trinajstić information content (AvgIpc) is 3.13. The second kappa shape index (κ2) is 22.2. The number of carboxylic acid groups (broad SMARTS) is 1. The fourth-order valence-corrected chi connectivity index (χ4v) is 6.47. The monoisotopic (exact) mass is 732 g/mol. The summed E-state index contributed by atoms with van der Waals surface area (Å²) in [6.07, 6.45) is 5.09. The molecule has 1 heterocycles. The molecule has 0 bridgehead atoms. The Morgan fingerprint density at radius 3 is 1.98 bits per heavy atom. The van der Waals surface area contributed by atoms with Crippen LogP contribution in [-0.4, -0.2) is 89.2 Å². The number of aliphatic carboxylic acids is 1. The Bertz CT molecular complexity index is 1530. The Hall–Kier alpha value is -4.88. The summed E-state index contributed by atoms with van der Waals surface area (Å²) < 4.78 is 0. The first kappa shape index (κ1) is 42.5. The van der Waals surface area contributed by atoms with Gasteiger partial charge in [0, 0.05) is 43.6 Å². The number of hydrogen-bond donors (Lipinski definition) is 6. The van der Waals surface area contributed by atoms with E-state index in [9.17, 15) is 28.8 Å². The summed E-state index contributed by atoms with van der Waals surface area (Å²) in [5.74, 6) is -3.84. The highest BCUT2D eigenvalue weighted by Crippen LogP contribution is 2.21. The van der Waals surface area contributed by atoms with Gasteiger partial charge in [-0.2, -0.15) is 0 Å². The molecule has 4 atom stereocenters. The standard InChI is InChI=1S/C40H56N6O7/c1-27(2)23-30(26-35(47)34(25-29-13-7-4-8-14-29)45-39(52)32(42)24-28-11-5-3-6-12-28)38(51)44-33(15-9-10-20-41)40(53)46-21-18-31(19-22-46)43-36(48)16-17-37(49)50/h3-8,11-14,16-17,27,30-34H,9-10,15,18-26,41-42H2,1-2H3,(H,43,48)(H,44,51)(H,45,52)(H,49,50)/b17-16+/t30-,32+,33+,34+/m0/s1. The van der Waals surface area contributed by atoms with Crippen LogP contribution in [0.1, 0.15) is 69.9 Å². The molecule has 2 aromatic carbocycles. The third-order valence-electron chi connectivity index (χ3n) is 9.29. The van der Waals surface area contributed by atoms with E-state index in [0.717, 1.165) is 23.3 Å². The van der Waals surface area contributed by atoms with E-state index < -0.39 is 47.7 Å². The molecule has 1 aliphatic heterocycles. The van der Waals surface area contributed by atoms with Gasteiger partial charge in [-0.3, -0.25) is 24.0 Å². The molecule has 3 rings (SSSR count). The summed E-state index contributed by atoms with van der Waals surface area (Å²) in [7, 11) is 0. The Kier molecular flexibility index (Phi) is 17.9. The molecule has 1 fully saturated rings. The molecule has 0 unspecified atom stereocenters. The first-order valence-electron chi connectivity index (χ1n) is 18.5. The van der Waals surface area contributed by atoms with Crippen LogP contribution >= 0.6 is 0 Å². The highest BCUT2D eigenvalue weighted by molar-refractivity contribution is 5.95. The van der Waals surface area contributed by atoms with Crippen LogP contribution in [0.3, 0.4) is 0 Å². The lowest BCUT2D eigenvalue weighted by Crippen LogP contribution is -2.54. The van der Waals surface area contributed by atoms with Crippen molar-refractivity contribution in [2.24, 2.45) is 23.3 Å². The lowest BCUT2D eigenvalue weighted by Gasteiger charge is -2.35. The number of nitrogens with two attached hydrogens (primary N) is 2. The van der Waals surface area contributed by atoms with Gasteiger partial charge in [-0.05, 0) is 75.0 Å². The maximum Gasteiger partial charge on any atom is 0.328 e. The number of hydrogen-bond acceptors (Lipinski definition) is 8. The van der Waals surface area contributed by atoms with E-state index in [-0.39, 0.29) is 36.5 Å². The zero-order chi connectivity index (χ0) is 38.8. The highest BCUT2D eigenvalue weighted by Gasteiger charge is 2.34. The molecule has 288 valence electrons. The number of carbonyl (C=O) groups is 6. The molecule has 0 aliphatic carbocycles. The molecule has 0 radical (unpaired) electrons. The smallest absolute Gasteiger partial charge is 0.328 e. The van der Waals surface area contributed by atoms with Crippen molar-refractivity contribution in [2.45, 2.75) is 95.8 Å². The number of nitrogens with zero attached hydrogens (tertiary/aromatic N) is 1. The molecule has 0 saturated carbocycles. The number of rotatable bonds is 21. The molecular formula is C40H56N6O7. The molecule has 1 saturated heterocycles. The van der Waals surface area contributed by atoms with Gasteiger partial charge in [0.15, 0.2) is 5.78 Å². The van der Waals surface area contributed by atoms with Crippen LogP contribution in [0.25, 0.3) is 0 Å². The van der Waals surface area contributed by atoms with Gasteiger partial charge < -0.3 is 37.4 Å². The lowest BCUT2D eigenvalue weighted by molar-refractivity contribution is -0.139. The maximum atomic E-state index is 14.0. The highest BCUT2D eigenvalue weighted by atomic mass is 16.4. The van der Waals surface area contributed by atoms with Crippen molar-refractivity contribution < 1.29 is 33.9 Å². The summed E-state index contributed by atoms with van der Waals surface area (Å²) >= 11 is 0. The second-order valence-corrected chi connectivity index (χ2v) is 14.2. The number of benzene rings is 2. The van der Waals surface area contributed by atoms with E-state index in [4.69, 9.17) is 16.6 Å². The van der Waals surface area contributed by atoms with Gasteiger partial charge in [-0.25, -0.2) is 4.79 Å². The molecule has 13 heteroatoms. The fourth-order valence-electron chi connectivity index (χ4n) is 6.47. The minimum Gasteiger partial charge on any atom is -0.478 e. The van der Waals surface area contributed by atoms with Gasteiger partial charge in [0.2, 0.25) is 23.6 Å². The molecular weight excluding hydrogens is 676 g/mol. The third kappa shape index (κ3) is 15.3. The van der Waals surface area contributed by atoms with E-state index in [2.05, 4.69) is 16.0 Å². The van der Waals surface area contributed by atoms with Gasteiger partial charge in [-0.1, -0.05) is 74.5 Å². The van der Waals surface area contributed by atoms with E-state index in [1.807, 2.05) is 74.5 Å². The van der Waals surface area contributed by atoms with Crippen molar-refractivity contribution in [2.75, 3.05) is 19.6 Å². The van der Waals surface area contributed by atoms with Gasteiger partial charge in [0.05, 0.1) is 12.1 Å². The normalized spacial score (nSPS) is 15.7. The molecule has 8 N–H and O–H groups in total. The van der Waals surface area contributed by atoms with Crippen molar-refractivity contribution in [3.05, 3.63) is 83.9 Å². The summed E-state index contributed by atoms with van der Waals surface area (Å²) in [4.78, 5) is 79.6. The van der Waals surface area contributed by atoms with Crippen molar-refractivity contribution in [1.29, 1.82) is 0 Å². The number of unbranched alkanes of at least 4 members (excludes halogenated alkanes) is 1.